The van der Waals surface area contributed by atoms with Gasteiger partial charge in [-0.05, 0) is 24.6 Å². The number of hydrogen-bond acceptors (Lipinski definition) is 4. The highest BCUT2D eigenvalue weighted by atomic mass is 32.2. The SMILES string of the molecule is CC(NC(=O)CSCC(O)CO)c1ccc(F)cc1. The molecule has 0 aliphatic rings. The van der Waals surface area contributed by atoms with Crippen molar-refractivity contribution in [2.24, 2.45) is 0 Å². The molecule has 1 amide bonds. The van der Waals surface area contributed by atoms with Crippen LogP contribution in [0.5, 0.6) is 0 Å². The minimum absolute atomic E-state index is 0.160. The fraction of sp³-hybridized carbons (Fsp3) is 0.462. The van der Waals surface area contributed by atoms with E-state index in [0.717, 1.165) is 5.56 Å². The van der Waals surface area contributed by atoms with Crippen LogP contribution in [0.2, 0.25) is 0 Å². The summed E-state index contributed by atoms with van der Waals surface area (Å²) in [5.74, 6) is 0.0556. The molecule has 0 aliphatic carbocycles. The van der Waals surface area contributed by atoms with Gasteiger partial charge in [-0.25, -0.2) is 4.39 Å². The Morgan fingerprint density at radius 1 is 1.42 bits per heavy atom. The van der Waals surface area contributed by atoms with Crippen LogP contribution in [-0.4, -0.2) is 40.3 Å². The Balaban J connectivity index is 2.33. The van der Waals surface area contributed by atoms with Crippen molar-refractivity contribution in [2.75, 3.05) is 18.1 Å². The molecule has 1 aromatic carbocycles. The Bertz CT molecular complexity index is 399. The van der Waals surface area contributed by atoms with Gasteiger partial charge in [0.15, 0.2) is 0 Å². The Kier molecular flexibility index (Phi) is 6.83. The van der Waals surface area contributed by atoms with Gasteiger partial charge in [-0.1, -0.05) is 12.1 Å². The zero-order chi connectivity index (χ0) is 14.3. The zero-order valence-corrected chi connectivity index (χ0v) is 11.5. The minimum Gasteiger partial charge on any atom is -0.394 e. The number of hydrogen-bond donors (Lipinski definition) is 3. The number of aliphatic hydroxyl groups excluding tert-OH is 2. The van der Waals surface area contributed by atoms with E-state index in [1.54, 1.807) is 12.1 Å². The monoisotopic (exact) mass is 287 g/mol. The molecule has 0 saturated heterocycles. The van der Waals surface area contributed by atoms with Gasteiger partial charge >= 0.3 is 0 Å². The number of amides is 1. The van der Waals surface area contributed by atoms with Crippen molar-refractivity contribution >= 4 is 17.7 Å². The normalized spacial score (nSPS) is 13.9. The summed E-state index contributed by atoms with van der Waals surface area (Å²) in [7, 11) is 0. The molecule has 0 aromatic heterocycles. The van der Waals surface area contributed by atoms with Gasteiger partial charge < -0.3 is 15.5 Å². The molecule has 6 heteroatoms. The Morgan fingerprint density at radius 2 is 2.05 bits per heavy atom. The third kappa shape index (κ3) is 6.04. The molecule has 3 N–H and O–H groups in total. The second-order valence-electron chi connectivity index (χ2n) is 4.19. The van der Waals surface area contributed by atoms with Crippen LogP contribution in [0.15, 0.2) is 24.3 Å². The molecule has 1 aromatic rings. The highest BCUT2D eigenvalue weighted by Gasteiger charge is 2.10. The highest BCUT2D eigenvalue weighted by molar-refractivity contribution is 7.99. The van der Waals surface area contributed by atoms with Crippen LogP contribution in [0.1, 0.15) is 18.5 Å². The van der Waals surface area contributed by atoms with Crippen LogP contribution in [0.25, 0.3) is 0 Å². The summed E-state index contributed by atoms with van der Waals surface area (Å²) >= 11 is 1.25. The zero-order valence-electron chi connectivity index (χ0n) is 10.7. The maximum absolute atomic E-state index is 12.8. The van der Waals surface area contributed by atoms with E-state index in [2.05, 4.69) is 5.32 Å². The van der Waals surface area contributed by atoms with Crippen molar-refractivity contribution in [3.63, 3.8) is 0 Å². The maximum atomic E-state index is 12.8. The van der Waals surface area contributed by atoms with Crippen molar-refractivity contribution in [1.29, 1.82) is 0 Å². The quantitative estimate of drug-likeness (QED) is 0.702. The van der Waals surface area contributed by atoms with Crippen molar-refractivity contribution in [1.82, 2.24) is 5.32 Å². The largest absolute Gasteiger partial charge is 0.394 e. The van der Waals surface area contributed by atoms with E-state index in [1.807, 2.05) is 6.92 Å². The molecule has 0 radical (unpaired) electrons. The van der Waals surface area contributed by atoms with Crippen LogP contribution in [-0.2, 0) is 4.79 Å². The fourth-order valence-corrected chi connectivity index (χ4v) is 2.22. The predicted molar refractivity (Wildman–Crippen MR) is 73.4 cm³/mol. The van der Waals surface area contributed by atoms with E-state index in [-0.39, 0.29) is 30.1 Å². The Hall–Kier alpha value is -1.11. The van der Waals surface area contributed by atoms with Crippen molar-refractivity contribution in [2.45, 2.75) is 19.1 Å². The van der Waals surface area contributed by atoms with E-state index >= 15 is 0 Å². The maximum Gasteiger partial charge on any atom is 0.230 e. The van der Waals surface area contributed by atoms with Gasteiger partial charge in [-0.3, -0.25) is 4.79 Å². The molecular weight excluding hydrogens is 269 g/mol. The van der Waals surface area contributed by atoms with E-state index < -0.39 is 6.10 Å². The van der Waals surface area contributed by atoms with Crippen LogP contribution in [0, 0.1) is 5.82 Å². The second-order valence-corrected chi connectivity index (χ2v) is 5.22. The summed E-state index contributed by atoms with van der Waals surface area (Å²) in [6.07, 6.45) is -0.799. The molecule has 0 spiro atoms. The third-order valence-corrected chi connectivity index (χ3v) is 3.59. The fourth-order valence-electron chi connectivity index (χ4n) is 1.46. The van der Waals surface area contributed by atoms with Crippen LogP contribution < -0.4 is 5.32 Å². The molecule has 0 fully saturated rings. The molecule has 2 atom stereocenters. The van der Waals surface area contributed by atoms with Crippen LogP contribution >= 0.6 is 11.8 Å². The number of rotatable bonds is 7. The standard InChI is InChI=1S/C13H18FNO3S/c1-9(10-2-4-11(14)5-3-10)15-13(18)8-19-7-12(17)6-16/h2-5,9,12,16-17H,6-8H2,1H3,(H,15,18). The highest BCUT2D eigenvalue weighted by Crippen LogP contribution is 2.13. The smallest absolute Gasteiger partial charge is 0.230 e. The first-order chi connectivity index (χ1) is 9.02. The molecular formula is C13H18FNO3S. The van der Waals surface area contributed by atoms with Crippen molar-refractivity contribution < 1.29 is 19.4 Å². The molecule has 19 heavy (non-hydrogen) atoms. The van der Waals surface area contributed by atoms with Gasteiger partial charge in [0.05, 0.1) is 24.5 Å². The Labute approximate surface area is 116 Å². The van der Waals surface area contributed by atoms with Gasteiger partial charge in [0, 0.05) is 5.75 Å². The molecule has 2 unspecified atom stereocenters. The average Bonchev–Trinajstić information content (AvgIpc) is 2.39. The summed E-state index contributed by atoms with van der Waals surface area (Å²) < 4.78 is 12.8. The summed E-state index contributed by atoms with van der Waals surface area (Å²) in [5, 5.41) is 20.5. The molecule has 1 rings (SSSR count). The summed E-state index contributed by atoms with van der Waals surface area (Å²) in [4.78, 5) is 11.6. The van der Waals surface area contributed by atoms with Gasteiger partial charge in [0.1, 0.15) is 5.82 Å². The molecule has 0 saturated carbocycles. The number of aliphatic hydroxyl groups is 2. The number of benzene rings is 1. The molecule has 0 heterocycles. The van der Waals surface area contributed by atoms with Gasteiger partial charge in [0.2, 0.25) is 5.91 Å². The first kappa shape index (κ1) is 15.9. The minimum atomic E-state index is -0.799. The summed E-state index contributed by atoms with van der Waals surface area (Å²) in [6.45, 7) is 1.51. The molecule has 106 valence electrons. The predicted octanol–water partition coefficient (Wildman–Crippen LogP) is 1.09. The van der Waals surface area contributed by atoms with Crippen LogP contribution in [0.4, 0.5) is 4.39 Å². The lowest BCUT2D eigenvalue weighted by Gasteiger charge is -2.14. The second kappa shape index (κ2) is 8.14. The summed E-state index contributed by atoms with van der Waals surface area (Å²) in [5.41, 5.74) is 0.829. The van der Waals surface area contributed by atoms with Crippen molar-refractivity contribution in [3.8, 4) is 0 Å². The molecule has 0 bridgehead atoms. The number of nitrogens with one attached hydrogen (secondary N) is 1. The van der Waals surface area contributed by atoms with E-state index in [4.69, 9.17) is 10.2 Å². The molecule has 4 nitrogen and oxygen atoms in total. The van der Waals surface area contributed by atoms with E-state index in [1.165, 1.54) is 23.9 Å². The lowest BCUT2D eigenvalue weighted by molar-refractivity contribution is -0.119. The Morgan fingerprint density at radius 3 is 2.63 bits per heavy atom. The number of carbonyl (C=O) groups is 1. The van der Waals surface area contributed by atoms with Crippen molar-refractivity contribution in [3.05, 3.63) is 35.6 Å². The first-order valence-electron chi connectivity index (χ1n) is 5.94. The molecule has 0 aliphatic heterocycles. The van der Waals surface area contributed by atoms with Gasteiger partial charge in [0.25, 0.3) is 0 Å². The number of thioether (sulfide) groups is 1. The lowest BCUT2D eigenvalue weighted by atomic mass is 10.1. The van der Waals surface area contributed by atoms with Gasteiger partial charge in [-0.15, -0.1) is 11.8 Å². The lowest BCUT2D eigenvalue weighted by Crippen LogP contribution is -2.29. The van der Waals surface area contributed by atoms with E-state index in [0.29, 0.717) is 5.75 Å². The number of carbonyl (C=O) groups excluding carboxylic acids is 1. The van der Waals surface area contributed by atoms with Gasteiger partial charge in [-0.2, -0.15) is 0 Å². The van der Waals surface area contributed by atoms with Crippen LogP contribution in [0.3, 0.4) is 0 Å². The topological polar surface area (TPSA) is 69.6 Å². The average molecular weight is 287 g/mol. The first-order valence-corrected chi connectivity index (χ1v) is 7.10. The number of halogens is 1. The summed E-state index contributed by atoms with van der Waals surface area (Å²) in [6, 6.07) is 5.76. The third-order valence-electron chi connectivity index (χ3n) is 2.50. The van der Waals surface area contributed by atoms with E-state index in [9.17, 15) is 9.18 Å².